The molecule has 5 rings (SSSR count). The molecule has 0 aliphatic carbocycles. The number of fused-ring (bicyclic) bond motifs is 2. The SMILES string of the molecule is CCOc1ccccc1-n1nc(-c2ccc3c(c2)OCO3)c2c1NCC2. The smallest absolute Gasteiger partial charge is 0.231 e. The second-order valence-corrected chi connectivity index (χ2v) is 6.23. The molecule has 0 radical (unpaired) electrons. The normalized spacial score (nSPS) is 14.2. The summed E-state index contributed by atoms with van der Waals surface area (Å²) >= 11 is 0. The van der Waals surface area contributed by atoms with Gasteiger partial charge < -0.3 is 19.5 Å². The first kappa shape index (κ1) is 15.1. The second kappa shape index (κ2) is 5.98. The third-order valence-electron chi connectivity index (χ3n) is 4.69. The lowest BCUT2D eigenvalue weighted by molar-refractivity contribution is 0.174. The van der Waals surface area contributed by atoms with Crippen LogP contribution in [0.2, 0.25) is 0 Å². The van der Waals surface area contributed by atoms with Crippen LogP contribution in [0.1, 0.15) is 12.5 Å². The number of benzene rings is 2. The fourth-order valence-electron chi connectivity index (χ4n) is 3.53. The molecule has 2 aliphatic rings. The van der Waals surface area contributed by atoms with E-state index in [0.717, 1.165) is 53.0 Å². The zero-order chi connectivity index (χ0) is 17.5. The highest BCUT2D eigenvalue weighted by atomic mass is 16.7. The summed E-state index contributed by atoms with van der Waals surface area (Å²) in [7, 11) is 0. The Morgan fingerprint density at radius 3 is 2.96 bits per heavy atom. The summed E-state index contributed by atoms with van der Waals surface area (Å²) in [5, 5.41) is 8.39. The molecule has 0 atom stereocenters. The zero-order valence-corrected chi connectivity index (χ0v) is 14.5. The average Bonchev–Trinajstić information content (AvgIpc) is 3.38. The molecule has 0 bridgehead atoms. The van der Waals surface area contributed by atoms with Crippen molar-refractivity contribution in [3.05, 3.63) is 48.0 Å². The highest BCUT2D eigenvalue weighted by Crippen LogP contribution is 2.40. The van der Waals surface area contributed by atoms with Gasteiger partial charge in [0.2, 0.25) is 6.79 Å². The molecule has 0 amide bonds. The Bertz CT molecular complexity index is 980. The minimum absolute atomic E-state index is 0.272. The average molecular weight is 349 g/mol. The molecule has 2 aromatic carbocycles. The maximum Gasteiger partial charge on any atom is 0.231 e. The van der Waals surface area contributed by atoms with Gasteiger partial charge in [-0.05, 0) is 43.7 Å². The molecule has 1 aromatic heterocycles. The van der Waals surface area contributed by atoms with Gasteiger partial charge in [0, 0.05) is 17.7 Å². The lowest BCUT2D eigenvalue weighted by atomic mass is 10.1. The Balaban J connectivity index is 1.65. The number of para-hydroxylation sites is 2. The summed E-state index contributed by atoms with van der Waals surface area (Å²) in [6.45, 7) is 3.78. The number of hydrogen-bond donors (Lipinski definition) is 1. The topological polar surface area (TPSA) is 57.5 Å². The van der Waals surface area contributed by atoms with Gasteiger partial charge in [-0.25, -0.2) is 4.68 Å². The first-order valence-corrected chi connectivity index (χ1v) is 8.83. The Morgan fingerprint density at radius 1 is 1.15 bits per heavy atom. The van der Waals surface area contributed by atoms with Crippen LogP contribution in [0.3, 0.4) is 0 Å². The molecule has 0 unspecified atom stereocenters. The van der Waals surface area contributed by atoms with E-state index in [9.17, 15) is 0 Å². The fraction of sp³-hybridized carbons (Fsp3) is 0.250. The van der Waals surface area contributed by atoms with E-state index in [0.29, 0.717) is 6.61 Å². The van der Waals surface area contributed by atoms with Crippen molar-refractivity contribution < 1.29 is 14.2 Å². The van der Waals surface area contributed by atoms with Crippen molar-refractivity contribution in [2.75, 3.05) is 25.3 Å². The van der Waals surface area contributed by atoms with Gasteiger partial charge in [-0.3, -0.25) is 0 Å². The maximum atomic E-state index is 5.80. The van der Waals surface area contributed by atoms with Gasteiger partial charge in [0.1, 0.15) is 17.3 Å². The number of aromatic nitrogens is 2. The Morgan fingerprint density at radius 2 is 2.04 bits per heavy atom. The molecule has 0 fully saturated rings. The van der Waals surface area contributed by atoms with E-state index >= 15 is 0 Å². The number of hydrogen-bond acceptors (Lipinski definition) is 5. The van der Waals surface area contributed by atoms with Crippen LogP contribution in [0.4, 0.5) is 5.82 Å². The Labute approximate surface area is 151 Å². The van der Waals surface area contributed by atoms with Crippen molar-refractivity contribution in [3.8, 4) is 34.2 Å². The lowest BCUT2D eigenvalue weighted by Gasteiger charge is -2.12. The van der Waals surface area contributed by atoms with E-state index < -0.39 is 0 Å². The fourth-order valence-corrected chi connectivity index (χ4v) is 3.53. The Kier molecular flexibility index (Phi) is 3.48. The predicted octanol–water partition coefficient (Wildman–Crippen LogP) is 3.63. The van der Waals surface area contributed by atoms with Crippen molar-refractivity contribution in [3.63, 3.8) is 0 Å². The molecule has 3 heterocycles. The molecular formula is C20H19N3O3. The van der Waals surface area contributed by atoms with Gasteiger partial charge in [0.15, 0.2) is 11.5 Å². The van der Waals surface area contributed by atoms with Crippen LogP contribution >= 0.6 is 0 Å². The Hall–Kier alpha value is -3.15. The minimum atomic E-state index is 0.272. The number of nitrogens with one attached hydrogen (secondary N) is 1. The molecule has 132 valence electrons. The molecule has 6 heteroatoms. The van der Waals surface area contributed by atoms with Gasteiger partial charge in [-0.2, -0.15) is 5.10 Å². The number of rotatable bonds is 4. The van der Waals surface area contributed by atoms with Crippen LogP contribution in [-0.4, -0.2) is 29.7 Å². The van der Waals surface area contributed by atoms with Crippen molar-refractivity contribution in [2.45, 2.75) is 13.3 Å². The quantitative estimate of drug-likeness (QED) is 0.779. The van der Waals surface area contributed by atoms with E-state index in [1.54, 1.807) is 0 Å². The highest BCUT2D eigenvalue weighted by molar-refractivity contribution is 5.75. The predicted molar refractivity (Wildman–Crippen MR) is 98.5 cm³/mol. The van der Waals surface area contributed by atoms with E-state index in [-0.39, 0.29) is 6.79 Å². The summed E-state index contributed by atoms with van der Waals surface area (Å²) in [6, 6.07) is 14.0. The molecule has 0 saturated carbocycles. The van der Waals surface area contributed by atoms with Crippen LogP contribution < -0.4 is 19.5 Å². The summed E-state index contributed by atoms with van der Waals surface area (Å²) in [4.78, 5) is 0. The zero-order valence-electron chi connectivity index (χ0n) is 14.5. The molecule has 2 aliphatic heterocycles. The summed E-state index contributed by atoms with van der Waals surface area (Å²) in [5.41, 5.74) is 4.15. The van der Waals surface area contributed by atoms with Crippen LogP contribution in [0, 0.1) is 0 Å². The summed E-state index contributed by atoms with van der Waals surface area (Å²) in [5.74, 6) is 3.41. The molecule has 1 N–H and O–H groups in total. The van der Waals surface area contributed by atoms with E-state index in [1.807, 2.05) is 54.1 Å². The van der Waals surface area contributed by atoms with Crippen molar-refractivity contribution >= 4 is 5.82 Å². The molecule has 26 heavy (non-hydrogen) atoms. The first-order chi connectivity index (χ1) is 12.8. The van der Waals surface area contributed by atoms with Gasteiger partial charge in [-0.1, -0.05) is 12.1 Å². The summed E-state index contributed by atoms with van der Waals surface area (Å²) < 4.78 is 18.7. The first-order valence-electron chi connectivity index (χ1n) is 8.83. The molecular weight excluding hydrogens is 330 g/mol. The van der Waals surface area contributed by atoms with Crippen molar-refractivity contribution in [1.82, 2.24) is 9.78 Å². The maximum absolute atomic E-state index is 5.80. The molecule has 6 nitrogen and oxygen atoms in total. The van der Waals surface area contributed by atoms with Crippen LogP contribution in [0.15, 0.2) is 42.5 Å². The van der Waals surface area contributed by atoms with Gasteiger partial charge in [-0.15, -0.1) is 0 Å². The third kappa shape index (κ3) is 2.29. The van der Waals surface area contributed by atoms with Gasteiger partial charge in [0.25, 0.3) is 0 Å². The van der Waals surface area contributed by atoms with Crippen molar-refractivity contribution in [2.24, 2.45) is 0 Å². The van der Waals surface area contributed by atoms with Crippen LogP contribution in [0.5, 0.6) is 17.2 Å². The summed E-state index contributed by atoms with van der Waals surface area (Å²) in [6.07, 6.45) is 0.940. The molecule has 0 saturated heterocycles. The largest absolute Gasteiger partial charge is 0.492 e. The molecule has 0 spiro atoms. The standard InChI is InChI=1S/C20H19N3O3/c1-2-24-16-6-4-3-5-15(16)23-20-14(9-10-21-20)19(22-23)13-7-8-17-18(11-13)26-12-25-17/h3-8,11,21H,2,9-10,12H2,1H3. The van der Waals surface area contributed by atoms with Gasteiger partial charge >= 0.3 is 0 Å². The van der Waals surface area contributed by atoms with E-state index in [4.69, 9.17) is 19.3 Å². The third-order valence-corrected chi connectivity index (χ3v) is 4.69. The lowest BCUT2D eigenvalue weighted by Crippen LogP contribution is -2.06. The van der Waals surface area contributed by atoms with Crippen LogP contribution in [0.25, 0.3) is 16.9 Å². The van der Waals surface area contributed by atoms with Crippen LogP contribution in [-0.2, 0) is 6.42 Å². The van der Waals surface area contributed by atoms with E-state index in [2.05, 4.69) is 5.32 Å². The van der Waals surface area contributed by atoms with Gasteiger partial charge in [0.05, 0.1) is 12.3 Å². The number of nitrogens with zero attached hydrogens (tertiary/aromatic N) is 2. The second-order valence-electron chi connectivity index (χ2n) is 6.23. The number of ether oxygens (including phenoxy) is 3. The van der Waals surface area contributed by atoms with E-state index in [1.165, 1.54) is 5.56 Å². The number of anilines is 1. The minimum Gasteiger partial charge on any atom is -0.492 e. The van der Waals surface area contributed by atoms with Crippen molar-refractivity contribution in [1.29, 1.82) is 0 Å². The molecule has 3 aromatic rings. The highest BCUT2D eigenvalue weighted by Gasteiger charge is 2.26. The monoisotopic (exact) mass is 349 g/mol.